The van der Waals surface area contributed by atoms with Crippen molar-refractivity contribution >= 4 is 5.97 Å². The summed E-state index contributed by atoms with van der Waals surface area (Å²) in [6, 6.07) is 0. The molecule has 8 N–H and O–H groups in total. The van der Waals surface area contributed by atoms with Crippen molar-refractivity contribution in [2.24, 2.45) is 40.4 Å². The highest BCUT2D eigenvalue weighted by atomic mass is 16.7. The Morgan fingerprint density at radius 3 is 2.05 bits per heavy atom. The first-order valence-electron chi connectivity index (χ1n) is 20.6. The highest BCUT2D eigenvalue weighted by Crippen LogP contribution is 2.66. The smallest absolute Gasteiger partial charge is 0.309 e. The number of carbonyl (C=O) groups is 1. The van der Waals surface area contributed by atoms with Crippen molar-refractivity contribution in [1.29, 1.82) is 0 Å². The van der Waals surface area contributed by atoms with Crippen LogP contribution in [0.5, 0.6) is 0 Å². The second-order valence-electron chi connectivity index (χ2n) is 18.5. The van der Waals surface area contributed by atoms with Gasteiger partial charge in [-0.1, -0.05) is 39.8 Å². The molecule has 14 nitrogen and oxygen atoms in total. The molecule has 7 rings (SSSR count). The number of hydrogen-bond acceptors (Lipinski definition) is 14. The monoisotopic (exact) mass is 780 g/mol. The predicted molar refractivity (Wildman–Crippen MR) is 195 cm³/mol. The Morgan fingerprint density at radius 2 is 1.44 bits per heavy atom. The molecule has 312 valence electrons. The lowest BCUT2D eigenvalue weighted by atomic mass is 9.51. The Labute approximate surface area is 323 Å². The number of fused-ring (bicyclic) bond motifs is 5. The van der Waals surface area contributed by atoms with Gasteiger partial charge in [-0.15, -0.1) is 0 Å². The maximum Gasteiger partial charge on any atom is 0.309 e. The molecule has 3 heterocycles. The number of aliphatic hydroxyl groups is 8. The van der Waals surface area contributed by atoms with Gasteiger partial charge in [-0.25, -0.2) is 0 Å². The van der Waals surface area contributed by atoms with Gasteiger partial charge >= 0.3 is 5.97 Å². The molecular weight excluding hydrogens is 716 g/mol. The quantitative estimate of drug-likeness (QED) is 0.154. The largest absolute Gasteiger partial charge is 0.456 e. The minimum Gasteiger partial charge on any atom is -0.456 e. The van der Waals surface area contributed by atoms with Crippen LogP contribution in [0.25, 0.3) is 0 Å². The van der Waals surface area contributed by atoms with E-state index in [1.807, 2.05) is 13.8 Å². The van der Waals surface area contributed by atoms with Gasteiger partial charge in [0.2, 0.25) is 0 Å². The molecule has 0 unspecified atom stereocenters. The zero-order valence-corrected chi connectivity index (χ0v) is 32.8. The van der Waals surface area contributed by atoms with Crippen molar-refractivity contribution in [2.45, 2.75) is 172 Å². The van der Waals surface area contributed by atoms with E-state index in [4.69, 9.17) is 23.7 Å². The molecule has 4 aliphatic carbocycles. The summed E-state index contributed by atoms with van der Waals surface area (Å²) in [7, 11) is 0. The van der Waals surface area contributed by atoms with Crippen LogP contribution in [0.3, 0.4) is 0 Å². The van der Waals surface area contributed by atoms with Crippen LogP contribution in [-0.2, 0) is 28.5 Å². The molecule has 14 heteroatoms. The molecule has 19 atom stereocenters. The summed E-state index contributed by atoms with van der Waals surface area (Å²) in [6.45, 7) is 9.34. The molecule has 3 saturated heterocycles. The second-order valence-corrected chi connectivity index (χ2v) is 18.5. The molecule has 5 fully saturated rings. The SMILES string of the molecule is CC(C)[C@@]1([C@@H](C)O[C@@H]2O[C@H](CO)[C@@H](O)[C@H](O)[C@H]2O)CC[C@H]([C@H]2CC[C@H]3C4=CC[C@@H]5C[C@@H](O[C@@H]6O[C@H](CO)[C@@H](O)[C@H](O)[C@H]6O)CC[C@]5(C)C4=CC[C@]23C)C(=O)O1. The van der Waals surface area contributed by atoms with Gasteiger partial charge in [0.05, 0.1) is 31.3 Å². The summed E-state index contributed by atoms with van der Waals surface area (Å²) >= 11 is 0. The fourth-order valence-corrected chi connectivity index (χ4v) is 11.8. The highest BCUT2D eigenvalue weighted by molar-refractivity contribution is 5.74. The summed E-state index contributed by atoms with van der Waals surface area (Å²) in [6.07, 6.45) is -2.44. The van der Waals surface area contributed by atoms with Crippen LogP contribution in [0.1, 0.15) is 92.4 Å². The Bertz CT molecular complexity index is 1470. The summed E-state index contributed by atoms with van der Waals surface area (Å²) in [5.74, 6) is 0.0904. The van der Waals surface area contributed by atoms with Crippen molar-refractivity contribution in [1.82, 2.24) is 0 Å². The summed E-state index contributed by atoms with van der Waals surface area (Å²) < 4.78 is 30.1. The molecule has 0 bridgehead atoms. The van der Waals surface area contributed by atoms with Crippen LogP contribution in [-0.4, -0.2) is 139 Å². The molecule has 0 aromatic rings. The van der Waals surface area contributed by atoms with Crippen molar-refractivity contribution in [3.8, 4) is 0 Å². The zero-order chi connectivity index (χ0) is 39.8. The standard InChI is InChI=1S/C41H64O14/c1-19(2)41(20(3)51-37-34(48)32(46)30(44)28(17-42)53-37)15-11-24(36(50)55-41)26-9-8-25-23-7-6-21-16-22(10-13-39(21,4)27(23)12-14-40(25,26)5)52-38-35(49)33(47)31(45)29(18-43)54-38/h7,12,19-22,24-26,28-35,37-38,42-49H,6,8-11,13-18H2,1-5H3/t20-,21-,22+,24-,25+,26-,28-,29-,30-,31-,32+,33+,34-,35-,37-,38-,39+,40+,41-/m1/s1. The third-order valence-electron chi connectivity index (χ3n) is 15.5. The molecular formula is C41H64O14. The first-order chi connectivity index (χ1) is 26.0. The first-order valence-corrected chi connectivity index (χ1v) is 20.6. The molecule has 0 radical (unpaired) electrons. The van der Waals surface area contributed by atoms with E-state index in [1.54, 1.807) is 6.92 Å². The van der Waals surface area contributed by atoms with Crippen LogP contribution in [0, 0.1) is 40.4 Å². The van der Waals surface area contributed by atoms with E-state index < -0.39 is 86.3 Å². The van der Waals surface area contributed by atoms with Crippen molar-refractivity contribution in [3.05, 3.63) is 23.3 Å². The number of rotatable bonds is 9. The van der Waals surface area contributed by atoms with E-state index in [9.17, 15) is 45.6 Å². The molecule has 2 saturated carbocycles. The lowest BCUT2D eigenvalue weighted by Gasteiger charge is -2.54. The van der Waals surface area contributed by atoms with Crippen LogP contribution in [0.2, 0.25) is 0 Å². The normalized spacial score (nSPS) is 50.7. The fraction of sp³-hybridized carbons (Fsp3) is 0.878. The van der Waals surface area contributed by atoms with Crippen LogP contribution in [0.15, 0.2) is 23.3 Å². The Morgan fingerprint density at radius 1 is 0.800 bits per heavy atom. The number of ether oxygens (including phenoxy) is 5. The van der Waals surface area contributed by atoms with Gasteiger partial charge in [0.15, 0.2) is 12.6 Å². The Kier molecular flexibility index (Phi) is 11.8. The number of carbonyl (C=O) groups excluding carboxylic acids is 1. The molecule has 3 aliphatic heterocycles. The topological polar surface area (TPSA) is 225 Å². The minimum atomic E-state index is -1.57. The molecule has 0 amide bonds. The van der Waals surface area contributed by atoms with Crippen LogP contribution in [0.4, 0.5) is 0 Å². The van der Waals surface area contributed by atoms with Gasteiger partial charge in [0.1, 0.15) is 54.4 Å². The third kappa shape index (κ3) is 6.87. The molecule has 0 aromatic heterocycles. The molecule has 55 heavy (non-hydrogen) atoms. The summed E-state index contributed by atoms with van der Waals surface area (Å²) in [5.41, 5.74) is 1.62. The fourth-order valence-electron chi connectivity index (χ4n) is 11.8. The predicted octanol–water partition coefficient (Wildman–Crippen LogP) is 1.22. The Hall–Kier alpha value is -1.53. The minimum absolute atomic E-state index is 0.0591. The van der Waals surface area contributed by atoms with Gasteiger partial charge in [-0.3, -0.25) is 4.79 Å². The molecule has 0 spiro atoms. The lowest BCUT2D eigenvalue weighted by molar-refractivity contribution is -0.326. The average Bonchev–Trinajstić information content (AvgIpc) is 3.51. The highest BCUT2D eigenvalue weighted by Gasteiger charge is 2.60. The van der Waals surface area contributed by atoms with E-state index >= 15 is 0 Å². The molecule has 0 aromatic carbocycles. The van der Waals surface area contributed by atoms with Gasteiger partial charge in [-0.2, -0.15) is 0 Å². The first kappa shape index (κ1) is 41.6. The number of hydrogen-bond donors (Lipinski definition) is 8. The van der Waals surface area contributed by atoms with E-state index in [-0.39, 0.29) is 40.7 Å². The average molecular weight is 781 g/mol. The van der Waals surface area contributed by atoms with Crippen LogP contribution >= 0.6 is 0 Å². The van der Waals surface area contributed by atoms with Gasteiger partial charge in [0.25, 0.3) is 0 Å². The maximum absolute atomic E-state index is 14.2. The number of esters is 1. The van der Waals surface area contributed by atoms with Crippen molar-refractivity contribution in [2.75, 3.05) is 13.2 Å². The number of allylic oxidation sites excluding steroid dienone is 4. The van der Waals surface area contributed by atoms with Gasteiger partial charge < -0.3 is 64.5 Å². The second kappa shape index (κ2) is 15.6. The maximum atomic E-state index is 14.2. The van der Waals surface area contributed by atoms with Crippen molar-refractivity contribution in [3.63, 3.8) is 0 Å². The van der Waals surface area contributed by atoms with E-state index in [1.165, 1.54) is 11.1 Å². The number of aliphatic hydroxyl groups excluding tert-OH is 8. The van der Waals surface area contributed by atoms with E-state index in [0.717, 1.165) is 44.9 Å². The van der Waals surface area contributed by atoms with Crippen LogP contribution < -0.4 is 0 Å². The Balaban J connectivity index is 1.01. The van der Waals surface area contributed by atoms with Gasteiger partial charge in [-0.05, 0) is 110 Å². The number of cyclic esters (lactones) is 1. The van der Waals surface area contributed by atoms with Crippen molar-refractivity contribution < 1.29 is 69.3 Å². The van der Waals surface area contributed by atoms with E-state index in [0.29, 0.717) is 24.7 Å². The zero-order valence-electron chi connectivity index (χ0n) is 32.8. The summed E-state index contributed by atoms with van der Waals surface area (Å²) in [5, 5.41) is 81.5. The third-order valence-corrected chi connectivity index (χ3v) is 15.5. The molecule has 7 aliphatic rings. The van der Waals surface area contributed by atoms with Gasteiger partial charge in [0, 0.05) is 0 Å². The van der Waals surface area contributed by atoms with E-state index in [2.05, 4.69) is 26.0 Å². The summed E-state index contributed by atoms with van der Waals surface area (Å²) in [4.78, 5) is 14.2. The lowest BCUT2D eigenvalue weighted by Crippen LogP contribution is -2.62.